The van der Waals surface area contributed by atoms with Crippen LogP contribution in [0.1, 0.15) is 61.9 Å². The quantitative estimate of drug-likeness (QED) is 0.725. The lowest BCUT2D eigenvalue weighted by Crippen LogP contribution is -2.42. The number of piperidine rings is 1. The topological polar surface area (TPSA) is 75.7 Å². The van der Waals surface area contributed by atoms with Crippen molar-refractivity contribution in [1.29, 1.82) is 0 Å². The van der Waals surface area contributed by atoms with Crippen molar-refractivity contribution in [2.45, 2.75) is 56.9 Å². The van der Waals surface area contributed by atoms with Crippen LogP contribution < -0.4 is 10.1 Å². The summed E-state index contributed by atoms with van der Waals surface area (Å²) < 4.78 is 33.5. The van der Waals surface area contributed by atoms with Crippen molar-refractivity contribution in [2.24, 2.45) is 0 Å². The highest BCUT2D eigenvalue weighted by atomic mass is 32.2. The van der Waals surface area contributed by atoms with Crippen LogP contribution in [-0.2, 0) is 10.0 Å². The average Bonchev–Trinajstić information content (AvgIpc) is 2.73. The first kappa shape index (κ1) is 22.3. The number of nitrogens with one attached hydrogen (secondary N) is 1. The van der Waals surface area contributed by atoms with Gasteiger partial charge >= 0.3 is 0 Å². The van der Waals surface area contributed by atoms with Crippen LogP contribution in [0, 0.1) is 0 Å². The minimum absolute atomic E-state index is 0.0299. The first-order valence-corrected chi connectivity index (χ1v) is 11.8. The molecule has 0 spiro atoms. The highest BCUT2D eigenvalue weighted by Crippen LogP contribution is 2.32. The third-order valence-electron chi connectivity index (χ3n) is 5.57. The van der Waals surface area contributed by atoms with Gasteiger partial charge in [0.05, 0.1) is 7.11 Å². The number of amides is 1. The third-order valence-corrected chi connectivity index (χ3v) is 7.60. The summed E-state index contributed by atoms with van der Waals surface area (Å²) in [7, 11) is -2.34. The van der Waals surface area contributed by atoms with Crippen molar-refractivity contribution in [3.05, 3.63) is 53.6 Å². The SMILES string of the molecule is COc1ccc(C(=O)Nc2cccc(C(C)C)c2)cc1S(=O)(=O)N1CCCCC1C. The Bertz CT molecular complexity index is 1020. The number of anilines is 1. The number of ether oxygens (including phenoxy) is 1. The number of sulfonamides is 1. The van der Waals surface area contributed by atoms with E-state index in [9.17, 15) is 13.2 Å². The van der Waals surface area contributed by atoms with Crippen LogP contribution in [0.25, 0.3) is 0 Å². The molecule has 3 rings (SSSR count). The Morgan fingerprint density at radius 2 is 1.93 bits per heavy atom. The first-order chi connectivity index (χ1) is 14.2. The van der Waals surface area contributed by atoms with Crippen LogP contribution in [-0.4, -0.2) is 38.3 Å². The molecule has 7 heteroatoms. The van der Waals surface area contributed by atoms with E-state index < -0.39 is 10.0 Å². The van der Waals surface area contributed by atoms with Gasteiger partial charge < -0.3 is 10.1 Å². The molecule has 2 aromatic rings. The molecule has 1 N–H and O–H groups in total. The zero-order valence-electron chi connectivity index (χ0n) is 18.0. The molecule has 2 aromatic carbocycles. The van der Waals surface area contributed by atoms with Gasteiger partial charge in [-0.05, 0) is 61.6 Å². The highest BCUT2D eigenvalue weighted by Gasteiger charge is 2.33. The Morgan fingerprint density at radius 3 is 2.60 bits per heavy atom. The van der Waals surface area contributed by atoms with E-state index in [1.807, 2.05) is 31.2 Å². The molecule has 6 nitrogen and oxygen atoms in total. The zero-order valence-corrected chi connectivity index (χ0v) is 18.8. The molecule has 1 saturated heterocycles. The van der Waals surface area contributed by atoms with E-state index in [4.69, 9.17) is 4.74 Å². The predicted octanol–water partition coefficient (Wildman–Crippen LogP) is 4.63. The van der Waals surface area contributed by atoms with Crippen LogP contribution in [0.15, 0.2) is 47.4 Å². The molecule has 162 valence electrons. The van der Waals surface area contributed by atoms with E-state index in [-0.39, 0.29) is 28.2 Å². The second kappa shape index (κ2) is 9.18. The van der Waals surface area contributed by atoms with Crippen LogP contribution in [0.2, 0.25) is 0 Å². The lowest BCUT2D eigenvalue weighted by Gasteiger charge is -2.32. The van der Waals surface area contributed by atoms with Crippen molar-refractivity contribution in [2.75, 3.05) is 19.0 Å². The fourth-order valence-corrected chi connectivity index (χ4v) is 5.64. The minimum atomic E-state index is -3.77. The summed E-state index contributed by atoms with van der Waals surface area (Å²) in [6.45, 7) is 6.57. The van der Waals surface area contributed by atoms with Gasteiger partial charge in [0.15, 0.2) is 0 Å². The maximum Gasteiger partial charge on any atom is 0.255 e. The Morgan fingerprint density at radius 1 is 1.17 bits per heavy atom. The molecule has 1 amide bonds. The zero-order chi connectivity index (χ0) is 21.9. The smallest absolute Gasteiger partial charge is 0.255 e. The van der Waals surface area contributed by atoms with Gasteiger partial charge in [-0.15, -0.1) is 0 Å². The van der Waals surface area contributed by atoms with Gasteiger partial charge in [-0.2, -0.15) is 4.31 Å². The van der Waals surface area contributed by atoms with E-state index in [2.05, 4.69) is 19.2 Å². The number of methoxy groups -OCH3 is 1. The number of hydrogen-bond acceptors (Lipinski definition) is 4. The number of carbonyl (C=O) groups is 1. The first-order valence-electron chi connectivity index (χ1n) is 10.3. The number of nitrogens with zero attached hydrogens (tertiary/aromatic N) is 1. The minimum Gasteiger partial charge on any atom is -0.495 e. The fourth-order valence-electron chi connectivity index (χ4n) is 3.75. The lowest BCUT2D eigenvalue weighted by atomic mass is 10.0. The number of benzene rings is 2. The largest absolute Gasteiger partial charge is 0.495 e. The third kappa shape index (κ3) is 4.68. The highest BCUT2D eigenvalue weighted by molar-refractivity contribution is 7.89. The second-order valence-corrected chi connectivity index (χ2v) is 9.92. The molecule has 1 heterocycles. The summed E-state index contributed by atoms with van der Waals surface area (Å²) in [6.07, 6.45) is 2.67. The Labute approximate surface area is 179 Å². The van der Waals surface area contributed by atoms with Crippen molar-refractivity contribution < 1.29 is 17.9 Å². The monoisotopic (exact) mass is 430 g/mol. The van der Waals surface area contributed by atoms with Gasteiger partial charge in [-0.1, -0.05) is 32.4 Å². The maximum atomic E-state index is 13.3. The molecule has 0 bridgehead atoms. The normalized spacial score (nSPS) is 17.7. The number of hydrogen-bond donors (Lipinski definition) is 1. The van der Waals surface area contributed by atoms with Crippen molar-refractivity contribution in [3.63, 3.8) is 0 Å². The molecule has 30 heavy (non-hydrogen) atoms. The molecule has 0 saturated carbocycles. The van der Waals surface area contributed by atoms with Gasteiger partial charge in [-0.25, -0.2) is 8.42 Å². The summed E-state index contributed by atoms with van der Waals surface area (Å²) in [5.74, 6) is 0.221. The van der Waals surface area contributed by atoms with E-state index in [1.54, 1.807) is 12.1 Å². The predicted molar refractivity (Wildman–Crippen MR) is 119 cm³/mol. The maximum absolute atomic E-state index is 13.3. The summed E-state index contributed by atoms with van der Waals surface area (Å²) in [5, 5.41) is 2.87. The molecule has 0 radical (unpaired) electrons. The Kier molecular flexibility index (Phi) is 6.83. The fraction of sp³-hybridized carbons (Fsp3) is 0.435. The van der Waals surface area contributed by atoms with E-state index >= 15 is 0 Å². The summed E-state index contributed by atoms with van der Waals surface area (Å²) in [4.78, 5) is 12.9. The molecule has 0 aromatic heterocycles. The molecule has 1 atom stereocenters. The summed E-state index contributed by atoms with van der Waals surface area (Å²) in [6, 6.07) is 12.1. The lowest BCUT2D eigenvalue weighted by molar-refractivity contribution is 0.102. The summed E-state index contributed by atoms with van der Waals surface area (Å²) in [5.41, 5.74) is 2.06. The average molecular weight is 431 g/mol. The van der Waals surface area contributed by atoms with Crippen LogP contribution in [0.3, 0.4) is 0 Å². The van der Waals surface area contributed by atoms with Crippen LogP contribution in [0.5, 0.6) is 5.75 Å². The van der Waals surface area contributed by atoms with Crippen molar-refractivity contribution in [3.8, 4) is 5.75 Å². The van der Waals surface area contributed by atoms with Crippen LogP contribution >= 0.6 is 0 Å². The van der Waals surface area contributed by atoms with Gasteiger partial charge in [0.2, 0.25) is 10.0 Å². The van der Waals surface area contributed by atoms with Gasteiger partial charge in [0, 0.05) is 23.8 Å². The van der Waals surface area contributed by atoms with Gasteiger partial charge in [0.25, 0.3) is 5.91 Å². The summed E-state index contributed by atoms with van der Waals surface area (Å²) >= 11 is 0. The van der Waals surface area contributed by atoms with E-state index in [0.717, 1.165) is 24.8 Å². The van der Waals surface area contributed by atoms with E-state index in [1.165, 1.54) is 17.5 Å². The molecule has 0 aliphatic carbocycles. The van der Waals surface area contributed by atoms with Crippen molar-refractivity contribution in [1.82, 2.24) is 4.31 Å². The van der Waals surface area contributed by atoms with Crippen LogP contribution in [0.4, 0.5) is 5.69 Å². The van der Waals surface area contributed by atoms with Crippen molar-refractivity contribution >= 4 is 21.6 Å². The molecular weight excluding hydrogens is 400 g/mol. The Hall–Kier alpha value is -2.38. The van der Waals surface area contributed by atoms with E-state index in [0.29, 0.717) is 18.2 Å². The molecule has 1 aliphatic heterocycles. The number of carbonyl (C=O) groups excluding carboxylic acids is 1. The standard InChI is InChI=1S/C23H30N2O4S/c1-16(2)18-9-7-10-20(14-18)24-23(26)19-11-12-21(29-4)22(15-19)30(27,28)25-13-6-5-8-17(25)3/h7,9-12,14-17H,5-6,8,13H2,1-4H3,(H,24,26). The Balaban J connectivity index is 1.92. The molecule has 1 aliphatic rings. The van der Waals surface area contributed by atoms with Gasteiger partial charge in [-0.3, -0.25) is 4.79 Å². The van der Waals surface area contributed by atoms with Gasteiger partial charge in [0.1, 0.15) is 10.6 Å². The molecule has 1 unspecified atom stereocenters. The second-order valence-electron chi connectivity index (χ2n) is 8.06. The number of rotatable bonds is 6. The molecular formula is C23H30N2O4S. The molecule has 1 fully saturated rings.